The Labute approximate surface area is 139 Å². The maximum Gasteiger partial charge on any atom is 0.270 e. The second-order valence-electron chi connectivity index (χ2n) is 5.18. The lowest BCUT2D eigenvalue weighted by Crippen LogP contribution is -2.18. The maximum atomic E-state index is 11.9. The van der Waals surface area contributed by atoms with Gasteiger partial charge in [0.15, 0.2) is 6.61 Å². The number of oxime groups is 1. The zero-order valence-electron chi connectivity index (χ0n) is 13.4. The number of aryl methyl sites for hydroxylation is 2. The average molecular weight is 327 g/mol. The van der Waals surface area contributed by atoms with Crippen LogP contribution in [0.1, 0.15) is 16.7 Å². The molecule has 2 rings (SSSR count). The van der Waals surface area contributed by atoms with Crippen LogP contribution in [0.4, 0.5) is 11.4 Å². The number of rotatable bonds is 6. The van der Waals surface area contributed by atoms with Gasteiger partial charge in [-0.1, -0.05) is 35.5 Å². The molecule has 0 saturated carbocycles. The first kappa shape index (κ1) is 17.1. The van der Waals surface area contributed by atoms with Gasteiger partial charge in [-0.2, -0.15) is 0 Å². The molecule has 0 spiro atoms. The van der Waals surface area contributed by atoms with Crippen molar-refractivity contribution in [3.63, 3.8) is 0 Å². The van der Waals surface area contributed by atoms with Crippen molar-refractivity contribution in [2.75, 3.05) is 11.9 Å². The monoisotopic (exact) mass is 327 g/mol. The van der Waals surface area contributed by atoms with Crippen LogP contribution in [0.2, 0.25) is 0 Å². The van der Waals surface area contributed by atoms with Gasteiger partial charge in [0.1, 0.15) is 0 Å². The number of nitrogens with one attached hydrogen (secondary N) is 1. The van der Waals surface area contributed by atoms with E-state index in [1.165, 1.54) is 18.3 Å². The number of carbonyl (C=O) groups excluding carboxylic acids is 1. The van der Waals surface area contributed by atoms with Gasteiger partial charge in [0.25, 0.3) is 11.6 Å². The smallest absolute Gasteiger partial charge is 0.270 e. The van der Waals surface area contributed by atoms with Crippen molar-refractivity contribution in [2.24, 2.45) is 5.16 Å². The summed E-state index contributed by atoms with van der Waals surface area (Å²) in [5.41, 5.74) is 3.16. The number of amides is 1. The van der Waals surface area contributed by atoms with Crippen molar-refractivity contribution in [2.45, 2.75) is 13.8 Å². The van der Waals surface area contributed by atoms with Crippen molar-refractivity contribution in [3.05, 3.63) is 69.3 Å². The van der Waals surface area contributed by atoms with Gasteiger partial charge < -0.3 is 10.2 Å². The third-order valence-corrected chi connectivity index (χ3v) is 3.30. The van der Waals surface area contributed by atoms with Crippen molar-refractivity contribution in [3.8, 4) is 0 Å². The molecule has 124 valence electrons. The molecular weight excluding hydrogens is 310 g/mol. The highest BCUT2D eigenvalue weighted by atomic mass is 16.6. The largest absolute Gasteiger partial charge is 0.386 e. The predicted octanol–water partition coefficient (Wildman–Crippen LogP) is 3.20. The molecule has 0 fully saturated rings. The second kappa shape index (κ2) is 7.87. The van der Waals surface area contributed by atoms with Gasteiger partial charge in [-0.3, -0.25) is 14.9 Å². The summed E-state index contributed by atoms with van der Waals surface area (Å²) in [7, 11) is 0. The van der Waals surface area contributed by atoms with E-state index in [1.54, 1.807) is 12.1 Å². The van der Waals surface area contributed by atoms with Gasteiger partial charge in [0.05, 0.1) is 11.1 Å². The average Bonchev–Trinajstić information content (AvgIpc) is 2.55. The van der Waals surface area contributed by atoms with E-state index in [-0.39, 0.29) is 18.2 Å². The van der Waals surface area contributed by atoms with Crippen LogP contribution >= 0.6 is 0 Å². The SMILES string of the molecule is Cc1cccc(C)c1NC(=O)CO/N=C/c1cccc([N+](=O)[O-])c1. The molecule has 0 bridgehead atoms. The molecular formula is C17H17N3O4. The summed E-state index contributed by atoms with van der Waals surface area (Å²) < 4.78 is 0. The van der Waals surface area contributed by atoms with Crippen LogP contribution in [0.5, 0.6) is 0 Å². The van der Waals surface area contributed by atoms with Crippen molar-refractivity contribution in [1.29, 1.82) is 0 Å². The van der Waals surface area contributed by atoms with Gasteiger partial charge in [-0.25, -0.2) is 0 Å². The number of para-hydroxylation sites is 1. The Hall–Kier alpha value is -3.22. The highest BCUT2D eigenvalue weighted by molar-refractivity contribution is 5.93. The lowest BCUT2D eigenvalue weighted by molar-refractivity contribution is -0.384. The van der Waals surface area contributed by atoms with E-state index in [4.69, 9.17) is 4.84 Å². The molecule has 7 heteroatoms. The molecule has 1 amide bonds. The van der Waals surface area contributed by atoms with E-state index >= 15 is 0 Å². The fourth-order valence-electron chi connectivity index (χ4n) is 2.10. The Morgan fingerprint density at radius 2 is 1.92 bits per heavy atom. The van der Waals surface area contributed by atoms with Crippen LogP contribution in [0.3, 0.4) is 0 Å². The molecule has 7 nitrogen and oxygen atoms in total. The summed E-state index contributed by atoms with van der Waals surface area (Å²) in [5, 5.41) is 17.1. The first-order valence-corrected chi connectivity index (χ1v) is 7.23. The second-order valence-corrected chi connectivity index (χ2v) is 5.18. The molecule has 0 aromatic heterocycles. The third kappa shape index (κ3) is 4.64. The van der Waals surface area contributed by atoms with Crippen LogP contribution in [0.25, 0.3) is 0 Å². The number of benzene rings is 2. The Morgan fingerprint density at radius 1 is 1.25 bits per heavy atom. The van der Waals surface area contributed by atoms with Crippen molar-refractivity contribution in [1.82, 2.24) is 0 Å². The van der Waals surface area contributed by atoms with Crippen LogP contribution in [0.15, 0.2) is 47.6 Å². The summed E-state index contributed by atoms with van der Waals surface area (Å²) >= 11 is 0. The standard InChI is InChI=1S/C17H17N3O4/c1-12-5-3-6-13(2)17(12)19-16(21)11-24-18-10-14-7-4-8-15(9-14)20(22)23/h3-10H,11H2,1-2H3,(H,19,21)/b18-10+. The van der Waals surface area contributed by atoms with E-state index in [0.29, 0.717) is 5.56 Å². The molecule has 0 atom stereocenters. The molecule has 2 aromatic carbocycles. The fraction of sp³-hybridized carbons (Fsp3) is 0.176. The van der Waals surface area contributed by atoms with Crippen molar-refractivity contribution >= 4 is 23.5 Å². The topological polar surface area (TPSA) is 93.8 Å². The summed E-state index contributed by atoms with van der Waals surface area (Å²) in [6.07, 6.45) is 1.32. The van der Waals surface area contributed by atoms with Gasteiger partial charge in [-0.15, -0.1) is 0 Å². The van der Waals surface area contributed by atoms with Gasteiger partial charge in [0, 0.05) is 23.4 Å². The Bertz CT molecular complexity index is 767. The lowest BCUT2D eigenvalue weighted by atomic mass is 10.1. The van der Waals surface area contributed by atoms with Crippen LogP contribution in [0, 0.1) is 24.0 Å². The minimum Gasteiger partial charge on any atom is -0.386 e. The first-order chi connectivity index (χ1) is 11.5. The maximum absolute atomic E-state index is 11.9. The van der Waals surface area contributed by atoms with Crippen LogP contribution in [-0.4, -0.2) is 23.7 Å². The summed E-state index contributed by atoms with van der Waals surface area (Å²) in [4.78, 5) is 27.0. The van der Waals surface area contributed by atoms with Gasteiger partial charge in [0.2, 0.25) is 0 Å². The summed E-state index contributed by atoms with van der Waals surface area (Å²) in [6.45, 7) is 3.56. The molecule has 0 unspecified atom stereocenters. The molecule has 0 radical (unpaired) electrons. The number of nitro groups is 1. The number of hydrogen-bond donors (Lipinski definition) is 1. The van der Waals surface area contributed by atoms with Gasteiger partial charge in [-0.05, 0) is 25.0 Å². The zero-order valence-corrected chi connectivity index (χ0v) is 13.4. The Morgan fingerprint density at radius 3 is 2.58 bits per heavy atom. The number of nitro benzene ring substituents is 1. The van der Waals surface area contributed by atoms with Crippen molar-refractivity contribution < 1.29 is 14.6 Å². The molecule has 2 aromatic rings. The summed E-state index contributed by atoms with van der Waals surface area (Å²) in [5.74, 6) is -0.330. The number of nitrogens with zero attached hydrogens (tertiary/aromatic N) is 2. The first-order valence-electron chi connectivity index (χ1n) is 7.23. The highest BCUT2D eigenvalue weighted by Gasteiger charge is 2.07. The fourth-order valence-corrected chi connectivity index (χ4v) is 2.10. The van der Waals surface area contributed by atoms with Crippen LogP contribution < -0.4 is 5.32 Å². The van der Waals surface area contributed by atoms with E-state index in [0.717, 1.165) is 16.8 Å². The van der Waals surface area contributed by atoms with E-state index in [1.807, 2.05) is 32.0 Å². The number of carbonyl (C=O) groups is 1. The molecule has 24 heavy (non-hydrogen) atoms. The van der Waals surface area contributed by atoms with Gasteiger partial charge >= 0.3 is 0 Å². The minimum atomic E-state index is -0.490. The Balaban J connectivity index is 1.88. The number of anilines is 1. The molecule has 1 N–H and O–H groups in total. The zero-order chi connectivity index (χ0) is 17.5. The number of non-ortho nitro benzene ring substituents is 1. The predicted molar refractivity (Wildman–Crippen MR) is 91.2 cm³/mol. The molecule has 0 aliphatic carbocycles. The Kier molecular flexibility index (Phi) is 5.62. The third-order valence-electron chi connectivity index (χ3n) is 3.30. The van der Waals surface area contributed by atoms with Crippen LogP contribution in [-0.2, 0) is 9.63 Å². The number of hydrogen-bond acceptors (Lipinski definition) is 5. The van der Waals surface area contributed by atoms with E-state index < -0.39 is 4.92 Å². The lowest BCUT2D eigenvalue weighted by Gasteiger charge is -2.10. The highest BCUT2D eigenvalue weighted by Crippen LogP contribution is 2.19. The normalized spacial score (nSPS) is 10.6. The molecule has 0 aliphatic rings. The minimum absolute atomic E-state index is 0.0354. The quantitative estimate of drug-likeness (QED) is 0.501. The molecule has 0 aliphatic heterocycles. The summed E-state index contributed by atoms with van der Waals surface area (Å²) in [6, 6.07) is 11.7. The van der Waals surface area contributed by atoms with E-state index in [9.17, 15) is 14.9 Å². The molecule has 0 saturated heterocycles. The molecule has 0 heterocycles. The van der Waals surface area contributed by atoms with E-state index in [2.05, 4.69) is 10.5 Å².